The van der Waals surface area contributed by atoms with Crippen LogP contribution in [0.25, 0.3) is 0 Å². The lowest BCUT2D eigenvalue weighted by Crippen LogP contribution is -2.49. The highest BCUT2D eigenvalue weighted by Gasteiger charge is 2.33. The lowest BCUT2D eigenvalue weighted by molar-refractivity contribution is -0.166. The summed E-state index contributed by atoms with van der Waals surface area (Å²) >= 11 is 0. The summed E-state index contributed by atoms with van der Waals surface area (Å²) in [5, 5.41) is 2.59. The van der Waals surface area contributed by atoms with E-state index in [1.807, 2.05) is 48.5 Å². The third-order valence-corrected chi connectivity index (χ3v) is 3.80. The van der Waals surface area contributed by atoms with Gasteiger partial charge in [0.2, 0.25) is 6.04 Å². The van der Waals surface area contributed by atoms with Crippen molar-refractivity contribution in [3.8, 4) is 0 Å². The first-order valence-corrected chi connectivity index (χ1v) is 9.61. The van der Waals surface area contributed by atoms with Crippen LogP contribution in [0.3, 0.4) is 0 Å². The summed E-state index contributed by atoms with van der Waals surface area (Å²) in [7, 11) is 0. The first-order chi connectivity index (χ1) is 14.2. The molecule has 0 aromatic heterocycles. The Labute approximate surface area is 176 Å². The van der Waals surface area contributed by atoms with E-state index in [0.717, 1.165) is 11.1 Å². The molecule has 2 aromatic rings. The summed E-state index contributed by atoms with van der Waals surface area (Å²) in [5.74, 6) is -2.26. The van der Waals surface area contributed by atoms with E-state index in [4.69, 9.17) is 14.2 Å². The molecule has 0 saturated carbocycles. The molecule has 0 aliphatic carbocycles. The number of benzene rings is 2. The second-order valence-corrected chi connectivity index (χ2v) is 7.59. The van der Waals surface area contributed by atoms with E-state index in [1.54, 1.807) is 32.9 Å². The van der Waals surface area contributed by atoms with Gasteiger partial charge in [-0.05, 0) is 31.9 Å². The lowest BCUT2D eigenvalue weighted by atomic mass is 10.2. The molecule has 1 atom stereocenters. The standard InChI is InChI=1S/C23H27NO6/c1-23(2,3)30-22(27)20(21(26)29-16-18-12-8-5-9-13-18)24-14-19(25)28-15-17-10-6-4-7-11-17/h4-13,20,24H,14-16H2,1-3H3. The fraction of sp³-hybridized carbons (Fsp3) is 0.348. The molecule has 0 aliphatic rings. The molecule has 0 spiro atoms. The fourth-order valence-electron chi connectivity index (χ4n) is 2.41. The zero-order valence-electron chi connectivity index (χ0n) is 17.4. The van der Waals surface area contributed by atoms with Gasteiger partial charge >= 0.3 is 17.9 Å². The number of hydrogen-bond donors (Lipinski definition) is 1. The molecule has 1 unspecified atom stereocenters. The Morgan fingerprint density at radius 3 is 1.80 bits per heavy atom. The first-order valence-electron chi connectivity index (χ1n) is 9.61. The van der Waals surface area contributed by atoms with Crippen LogP contribution in [-0.4, -0.2) is 36.1 Å². The molecule has 2 aromatic carbocycles. The molecule has 0 aliphatic heterocycles. The van der Waals surface area contributed by atoms with Crippen LogP contribution in [0.5, 0.6) is 0 Å². The second kappa shape index (κ2) is 11.1. The molecule has 2 rings (SSSR count). The van der Waals surface area contributed by atoms with Crippen molar-refractivity contribution in [1.82, 2.24) is 5.32 Å². The van der Waals surface area contributed by atoms with Crippen LogP contribution in [0.2, 0.25) is 0 Å². The summed E-state index contributed by atoms with van der Waals surface area (Å²) in [6, 6.07) is 16.8. The van der Waals surface area contributed by atoms with Crippen LogP contribution in [0.1, 0.15) is 31.9 Å². The van der Waals surface area contributed by atoms with Crippen molar-refractivity contribution in [2.75, 3.05) is 6.54 Å². The van der Waals surface area contributed by atoms with Crippen molar-refractivity contribution >= 4 is 17.9 Å². The van der Waals surface area contributed by atoms with Gasteiger partial charge in [0.05, 0.1) is 6.54 Å². The van der Waals surface area contributed by atoms with E-state index in [1.165, 1.54) is 0 Å². The van der Waals surface area contributed by atoms with Gasteiger partial charge < -0.3 is 14.2 Å². The summed E-state index contributed by atoms with van der Waals surface area (Å²) in [5.41, 5.74) is 0.803. The van der Waals surface area contributed by atoms with Crippen molar-refractivity contribution in [2.24, 2.45) is 0 Å². The van der Waals surface area contributed by atoms with Crippen LogP contribution >= 0.6 is 0 Å². The number of esters is 3. The quantitative estimate of drug-likeness (QED) is 0.384. The van der Waals surface area contributed by atoms with Crippen LogP contribution in [-0.2, 0) is 41.8 Å². The van der Waals surface area contributed by atoms with Gasteiger partial charge in [-0.1, -0.05) is 60.7 Å². The van der Waals surface area contributed by atoms with E-state index in [9.17, 15) is 14.4 Å². The Kier molecular flexibility index (Phi) is 8.55. The minimum atomic E-state index is -1.45. The van der Waals surface area contributed by atoms with Crippen molar-refractivity contribution in [3.63, 3.8) is 0 Å². The predicted octanol–water partition coefficient (Wildman–Crippen LogP) is 2.77. The van der Waals surface area contributed by atoms with E-state index >= 15 is 0 Å². The van der Waals surface area contributed by atoms with Crippen LogP contribution < -0.4 is 5.32 Å². The molecule has 0 bridgehead atoms. The monoisotopic (exact) mass is 413 g/mol. The third kappa shape index (κ3) is 8.45. The van der Waals surface area contributed by atoms with Crippen LogP contribution in [0.15, 0.2) is 60.7 Å². The maximum Gasteiger partial charge on any atom is 0.335 e. The number of carbonyl (C=O) groups excluding carboxylic acids is 3. The summed E-state index contributed by atoms with van der Waals surface area (Å²) in [6.07, 6.45) is 0. The van der Waals surface area contributed by atoms with Crippen molar-refractivity contribution in [3.05, 3.63) is 71.8 Å². The SMILES string of the molecule is CC(C)(C)OC(=O)C(NCC(=O)OCc1ccccc1)C(=O)OCc1ccccc1. The fourth-order valence-corrected chi connectivity index (χ4v) is 2.41. The minimum Gasteiger partial charge on any atom is -0.460 e. The van der Waals surface area contributed by atoms with Crippen molar-refractivity contribution in [1.29, 1.82) is 0 Å². The molecule has 0 heterocycles. The molecule has 7 heteroatoms. The highest BCUT2D eigenvalue weighted by atomic mass is 16.6. The maximum absolute atomic E-state index is 12.5. The van der Waals surface area contributed by atoms with Gasteiger partial charge in [0.1, 0.15) is 18.8 Å². The zero-order valence-corrected chi connectivity index (χ0v) is 17.4. The van der Waals surface area contributed by atoms with Gasteiger partial charge in [0.25, 0.3) is 0 Å². The molecular formula is C23H27NO6. The number of ether oxygens (including phenoxy) is 3. The maximum atomic E-state index is 12.5. The Morgan fingerprint density at radius 2 is 1.30 bits per heavy atom. The molecule has 30 heavy (non-hydrogen) atoms. The van der Waals surface area contributed by atoms with E-state index in [0.29, 0.717) is 0 Å². The molecule has 0 saturated heterocycles. The van der Waals surface area contributed by atoms with E-state index in [-0.39, 0.29) is 19.8 Å². The highest BCUT2D eigenvalue weighted by molar-refractivity contribution is 5.99. The van der Waals surface area contributed by atoms with Gasteiger partial charge in [-0.3, -0.25) is 10.1 Å². The Bertz CT molecular complexity index is 830. The summed E-state index contributed by atoms with van der Waals surface area (Å²) < 4.78 is 15.7. The number of nitrogens with one attached hydrogen (secondary N) is 1. The largest absolute Gasteiger partial charge is 0.460 e. The zero-order chi connectivity index (χ0) is 22.0. The van der Waals surface area contributed by atoms with Gasteiger partial charge in [-0.2, -0.15) is 0 Å². The predicted molar refractivity (Wildman–Crippen MR) is 110 cm³/mol. The van der Waals surface area contributed by atoms with E-state index < -0.39 is 29.6 Å². The molecule has 0 radical (unpaired) electrons. The van der Waals surface area contributed by atoms with Gasteiger partial charge in [0, 0.05) is 0 Å². The molecule has 7 nitrogen and oxygen atoms in total. The second-order valence-electron chi connectivity index (χ2n) is 7.59. The van der Waals surface area contributed by atoms with Crippen molar-refractivity contribution in [2.45, 2.75) is 45.6 Å². The number of carbonyl (C=O) groups is 3. The van der Waals surface area contributed by atoms with E-state index in [2.05, 4.69) is 5.32 Å². The van der Waals surface area contributed by atoms with Crippen LogP contribution in [0.4, 0.5) is 0 Å². The number of rotatable bonds is 9. The molecule has 1 N–H and O–H groups in total. The number of hydrogen-bond acceptors (Lipinski definition) is 7. The summed E-state index contributed by atoms with van der Waals surface area (Å²) in [6.45, 7) is 4.80. The third-order valence-electron chi connectivity index (χ3n) is 3.80. The average Bonchev–Trinajstić information content (AvgIpc) is 2.71. The molecule has 0 fully saturated rings. The Morgan fingerprint density at radius 1 is 0.800 bits per heavy atom. The molecule has 160 valence electrons. The average molecular weight is 413 g/mol. The lowest BCUT2D eigenvalue weighted by Gasteiger charge is -2.23. The smallest absolute Gasteiger partial charge is 0.335 e. The van der Waals surface area contributed by atoms with Crippen LogP contribution in [0, 0.1) is 0 Å². The van der Waals surface area contributed by atoms with Crippen molar-refractivity contribution < 1.29 is 28.6 Å². The topological polar surface area (TPSA) is 90.9 Å². The van der Waals surface area contributed by atoms with Gasteiger partial charge in [-0.25, -0.2) is 9.59 Å². The normalized spacial score (nSPS) is 12.0. The minimum absolute atomic E-state index is 0.000888. The van der Waals surface area contributed by atoms with Gasteiger partial charge in [-0.15, -0.1) is 0 Å². The Hall–Kier alpha value is -3.19. The molecule has 0 amide bonds. The summed E-state index contributed by atoms with van der Waals surface area (Å²) in [4.78, 5) is 37.0. The first kappa shape index (κ1) is 23.1. The highest BCUT2D eigenvalue weighted by Crippen LogP contribution is 2.10. The van der Waals surface area contributed by atoms with Gasteiger partial charge in [0.15, 0.2) is 0 Å². The molecular weight excluding hydrogens is 386 g/mol. The Balaban J connectivity index is 1.93.